The molecule has 78 valence electrons. The van der Waals surface area contributed by atoms with Crippen LogP contribution >= 0.6 is 0 Å². The second-order valence-corrected chi connectivity index (χ2v) is 2.69. The Balaban J connectivity index is 5.63. The minimum atomic E-state index is -2.94. The molecule has 0 spiro atoms. The summed E-state index contributed by atoms with van der Waals surface area (Å²) in [5.74, 6) is -6.19. The average molecular weight is 202 g/mol. The summed E-state index contributed by atoms with van der Waals surface area (Å²) in [6, 6.07) is 0. The number of aliphatic carboxylic acids is 2. The topological polar surface area (TPSA) is 109 Å². The number of hydrogen-bond acceptors (Lipinski definition) is 4. The number of rotatable bonds is 5. The van der Waals surface area contributed by atoms with E-state index in [1.165, 1.54) is 6.92 Å². The number of Topliss-reactive ketones (excluding diaryl/α,β-unsaturated/α-hetero) is 2. The molecule has 0 fully saturated rings. The van der Waals surface area contributed by atoms with Crippen molar-refractivity contribution in [2.75, 3.05) is 0 Å². The van der Waals surface area contributed by atoms with Gasteiger partial charge in [0.25, 0.3) is 5.41 Å². The Labute approximate surface area is 79.5 Å². The van der Waals surface area contributed by atoms with Crippen LogP contribution in [0.15, 0.2) is 0 Å². The lowest BCUT2D eigenvalue weighted by Gasteiger charge is -2.19. The van der Waals surface area contributed by atoms with Crippen LogP contribution < -0.4 is 0 Å². The molecular weight excluding hydrogens is 192 g/mol. The highest BCUT2D eigenvalue weighted by atomic mass is 16.4. The third-order valence-electron chi connectivity index (χ3n) is 1.91. The number of ketones is 2. The van der Waals surface area contributed by atoms with Gasteiger partial charge in [-0.2, -0.15) is 0 Å². The van der Waals surface area contributed by atoms with Crippen molar-refractivity contribution in [3.8, 4) is 0 Å². The summed E-state index contributed by atoms with van der Waals surface area (Å²) in [4.78, 5) is 43.5. The predicted octanol–water partition coefficient (Wildman–Crippen LogP) is -0.290. The third kappa shape index (κ3) is 1.50. The van der Waals surface area contributed by atoms with Crippen molar-refractivity contribution in [1.82, 2.24) is 0 Å². The van der Waals surface area contributed by atoms with Crippen LogP contribution in [0.2, 0.25) is 0 Å². The molecule has 0 aromatic rings. The van der Waals surface area contributed by atoms with Crippen LogP contribution in [-0.4, -0.2) is 33.7 Å². The molecule has 0 saturated heterocycles. The van der Waals surface area contributed by atoms with Crippen molar-refractivity contribution in [2.24, 2.45) is 5.41 Å². The van der Waals surface area contributed by atoms with E-state index >= 15 is 0 Å². The Morgan fingerprint density at radius 3 is 1.50 bits per heavy atom. The van der Waals surface area contributed by atoms with Crippen molar-refractivity contribution in [1.29, 1.82) is 0 Å². The molecule has 6 nitrogen and oxygen atoms in total. The molecule has 0 rings (SSSR count). The summed E-state index contributed by atoms with van der Waals surface area (Å²) >= 11 is 0. The molecule has 0 aliphatic heterocycles. The highest BCUT2D eigenvalue weighted by molar-refractivity contribution is 6.34. The van der Waals surface area contributed by atoms with Gasteiger partial charge in [-0.25, -0.2) is 0 Å². The highest BCUT2D eigenvalue weighted by Crippen LogP contribution is 2.22. The van der Waals surface area contributed by atoms with Crippen molar-refractivity contribution in [2.45, 2.75) is 20.3 Å². The minimum Gasteiger partial charge on any atom is -0.480 e. The van der Waals surface area contributed by atoms with Gasteiger partial charge in [-0.15, -0.1) is 0 Å². The number of carbonyl (C=O) groups is 4. The molecule has 2 N–H and O–H groups in total. The summed E-state index contributed by atoms with van der Waals surface area (Å²) in [5, 5.41) is 17.3. The highest BCUT2D eigenvalue weighted by Gasteiger charge is 2.57. The van der Waals surface area contributed by atoms with Crippen LogP contribution in [0.5, 0.6) is 0 Å². The van der Waals surface area contributed by atoms with Gasteiger partial charge in [0.2, 0.25) is 0 Å². The molecule has 14 heavy (non-hydrogen) atoms. The van der Waals surface area contributed by atoms with Crippen LogP contribution in [0.3, 0.4) is 0 Å². The molecule has 0 saturated carbocycles. The van der Waals surface area contributed by atoms with E-state index in [1.807, 2.05) is 0 Å². The van der Waals surface area contributed by atoms with Gasteiger partial charge in [0.1, 0.15) is 0 Å². The van der Waals surface area contributed by atoms with E-state index in [2.05, 4.69) is 0 Å². The van der Waals surface area contributed by atoms with Crippen LogP contribution in [-0.2, 0) is 19.2 Å². The second kappa shape index (κ2) is 3.99. The number of carbonyl (C=O) groups excluding carboxylic acids is 2. The molecule has 0 aliphatic carbocycles. The lowest BCUT2D eigenvalue weighted by Crippen LogP contribution is -2.51. The van der Waals surface area contributed by atoms with Crippen molar-refractivity contribution >= 4 is 23.5 Å². The van der Waals surface area contributed by atoms with Gasteiger partial charge in [0, 0.05) is 6.42 Å². The van der Waals surface area contributed by atoms with Crippen molar-refractivity contribution in [3.63, 3.8) is 0 Å². The Hall–Kier alpha value is -1.72. The van der Waals surface area contributed by atoms with Crippen molar-refractivity contribution < 1.29 is 29.4 Å². The zero-order valence-electron chi connectivity index (χ0n) is 7.73. The normalized spacial score (nSPS) is 10.7. The van der Waals surface area contributed by atoms with E-state index in [-0.39, 0.29) is 6.42 Å². The molecule has 0 aromatic heterocycles. The van der Waals surface area contributed by atoms with Crippen molar-refractivity contribution in [3.05, 3.63) is 0 Å². The lowest BCUT2D eigenvalue weighted by atomic mass is 9.79. The SMILES string of the molecule is CCC(=O)C(C(C)=O)(C(=O)O)C(=O)O. The minimum absolute atomic E-state index is 0.321. The summed E-state index contributed by atoms with van der Waals surface area (Å²) in [7, 11) is 0. The maximum Gasteiger partial charge on any atom is 0.336 e. The van der Waals surface area contributed by atoms with Gasteiger partial charge in [-0.05, 0) is 6.92 Å². The molecule has 0 aliphatic rings. The maximum absolute atomic E-state index is 11.2. The van der Waals surface area contributed by atoms with E-state index in [4.69, 9.17) is 10.2 Å². The first-order valence-electron chi connectivity index (χ1n) is 3.82. The molecule has 0 aromatic carbocycles. The Kier molecular flexibility index (Phi) is 3.50. The first-order valence-corrected chi connectivity index (χ1v) is 3.82. The van der Waals surface area contributed by atoms with E-state index in [0.717, 1.165) is 6.92 Å². The molecule has 6 heteroatoms. The first-order chi connectivity index (χ1) is 6.31. The van der Waals surface area contributed by atoms with Gasteiger partial charge < -0.3 is 10.2 Å². The molecule has 0 bridgehead atoms. The molecule has 0 amide bonds. The van der Waals surface area contributed by atoms with Gasteiger partial charge >= 0.3 is 11.9 Å². The monoisotopic (exact) mass is 202 g/mol. The van der Waals surface area contributed by atoms with Gasteiger partial charge in [-0.1, -0.05) is 6.92 Å². The molecule has 0 heterocycles. The molecular formula is C8H10O6. The fourth-order valence-electron chi connectivity index (χ4n) is 1.09. The van der Waals surface area contributed by atoms with Gasteiger partial charge in [-0.3, -0.25) is 19.2 Å². The van der Waals surface area contributed by atoms with E-state index in [1.54, 1.807) is 0 Å². The summed E-state index contributed by atoms with van der Waals surface area (Å²) in [6.45, 7) is 2.07. The Morgan fingerprint density at radius 1 is 1.07 bits per heavy atom. The number of carboxylic acid groups (broad SMARTS) is 2. The maximum atomic E-state index is 11.2. The molecule has 0 unspecified atom stereocenters. The number of carboxylic acids is 2. The lowest BCUT2D eigenvalue weighted by molar-refractivity contribution is -0.170. The standard InChI is InChI=1S/C8H10O6/c1-3-5(10)8(4(2)9,6(11)12)7(13)14/h3H2,1-2H3,(H,11,12)(H,13,14). The molecule has 0 atom stereocenters. The summed E-state index contributed by atoms with van der Waals surface area (Å²) < 4.78 is 0. The van der Waals surface area contributed by atoms with E-state index in [0.29, 0.717) is 0 Å². The summed E-state index contributed by atoms with van der Waals surface area (Å²) in [6.07, 6.45) is -0.321. The fourth-order valence-corrected chi connectivity index (χ4v) is 1.09. The smallest absolute Gasteiger partial charge is 0.336 e. The average Bonchev–Trinajstić information content (AvgIpc) is 2.02. The van der Waals surface area contributed by atoms with Gasteiger partial charge in [0.15, 0.2) is 11.6 Å². The molecule has 0 radical (unpaired) electrons. The Morgan fingerprint density at radius 2 is 1.43 bits per heavy atom. The van der Waals surface area contributed by atoms with E-state index in [9.17, 15) is 19.2 Å². The first kappa shape index (κ1) is 12.3. The van der Waals surface area contributed by atoms with Crippen LogP contribution in [0.25, 0.3) is 0 Å². The Bertz CT molecular complexity index is 267. The van der Waals surface area contributed by atoms with Crippen LogP contribution in [0.1, 0.15) is 20.3 Å². The number of hydrogen-bond donors (Lipinski definition) is 2. The van der Waals surface area contributed by atoms with Crippen LogP contribution in [0.4, 0.5) is 0 Å². The zero-order valence-corrected chi connectivity index (χ0v) is 7.73. The van der Waals surface area contributed by atoms with Gasteiger partial charge in [0.05, 0.1) is 0 Å². The quantitative estimate of drug-likeness (QED) is 0.593. The van der Waals surface area contributed by atoms with E-state index < -0.39 is 28.9 Å². The zero-order chi connectivity index (χ0) is 11.5. The van der Waals surface area contributed by atoms with Crippen LogP contribution in [0, 0.1) is 5.41 Å². The predicted molar refractivity (Wildman–Crippen MR) is 43.7 cm³/mol. The largest absolute Gasteiger partial charge is 0.480 e. The third-order valence-corrected chi connectivity index (χ3v) is 1.91. The fraction of sp³-hybridized carbons (Fsp3) is 0.500. The summed E-state index contributed by atoms with van der Waals surface area (Å²) in [5.41, 5.74) is -2.94. The second-order valence-electron chi connectivity index (χ2n) is 2.69.